The van der Waals surface area contributed by atoms with Crippen molar-refractivity contribution < 1.29 is 18.9 Å². The van der Waals surface area contributed by atoms with E-state index in [2.05, 4.69) is 27.8 Å². The lowest BCUT2D eigenvalue weighted by Gasteiger charge is -2.31. The molecule has 6 heteroatoms. The zero-order valence-electron chi connectivity index (χ0n) is 13.2. The largest absolute Gasteiger partial charge is 0.379 e. The van der Waals surface area contributed by atoms with Crippen molar-refractivity contribution in [2.75, 3.05) is 71.2 Å². The highest BCUT2D eigenvalue weighted by atomic mass is 79.9. The van der Waals surface area contributed by atoms with Crippen LogP contribution in [0, 0.1) is 0 Å². The molecular weight excluding hydrogens is 338 g/mol. The summed E-state index contributed by atoms with van der Waals surface area (Å²) in [6, 6.07) is 0. The number of nitrogens with zero attached hydrogens (tertiary/aromatic N) is 1. The number of ether oxygens (including phenoxy) is 4. The third kappa shape index (κ3) is 10.6. The first-order valence-corrected chi connectivity index (χ1v) is 9.12. The first-order chi connectivity index (χ1) is 10.4. The van der Waals surface area contributed by atoms with E-state index in [1.807, 2.05) is 0 Å². The molecule has 126 valence electrons. The van der Waals surface area contributed by atoms with E-state index in [1.54, 1.807) is 0 Å². The molecule has 1 saturated heterocycles. The van der Waals surface area contributed by atoms with Crippen molar-refractivity contribution in [1.82, 2.24) is 4.90 Å². The van der Waals surface area contributed by atoms with Gasteiger partial charge in [-0.15, -0.1) is 0 Å². The summed E-state index contributed by atoms with van der Waals surface area (Å²) in [5.74, 6) is 0. The van der Waals surface area contributed by atoms with Crippen LogP contribution in [-0.2, 0) is 18.9 Å². The predicted molar refractivity (Wildman–Crippen MR) is 87.3 cm³/mol. The van der Waals surface area contributed by atoms with Crippen LogP contribution in [0.2, 0.25) is 0 Å². The quantitative estimate of drug-likeness (QED) is 0.367. The summed E-state index contributed by atoms with van der Waals surface area (Å²) in [4.78, 5) is 2.39. The molecule has 0 N–H and O–H groups in total. The smallest absolute Gasteiger partial charge is 0.0799 e. The molecule has 1 aliphatic rings. The first-order valence-electron chi connectivity index (χ1n) is 8.00. The van der Waals surface area contributed by atoms with Gasteiger partial charge in [0.2, 0.25) is 0 Å². The van der Waals surface area contributed by atoms with Gasteiger partial charge in [-0.1, -0.05) is 29.3 Å². The number of unbranched alkanes of at least 4 members (excludes halogenated alkanes) is 1. The maximum absolute atomic E-state index is 5.60. The van der Waals surface area contributed by atoms with Crippen LogP contribution >= 0.6 is 15.9 Å². The van der Waals surface area contributed by atoms with Crippen LogP contribution in [0.25, 0.3) is 0 Å². The SMILES string of the molecule is CCCCOCCOCCOCCN1CCOC(CBr)C1. The van der Waals surface area contributed by atoms with Crippen molar-refractivity contribution in [3.63, 3.8) is 0 Å². The van der Waals surface area contributed by atoms with E-state index < -0.39 is 0 Å². The molecule has 0 aliphatic carbocycles. The van der Waals surface area contributed by atoms with E-state index in [-0.39, 0.29) is 0 Å². The van der Waals surface area contributed by atoms with Crippen LogP contribution in [0.5, 0.6) is 0 Å². The van der Waals surface area contributed by atoms with Gasteiger partial charge in [-0.05, 0) is 6.42 Å². The molecular formula is C15H30BrNO4. The van der Waals surface area contributed by atoms with Gasteiger partial charge in [0.05, 0.1) is 45.7 Å². The predicted octanol–water partition coefficient (Wildman–Crippen LogP) is 1.93. The standard InChI is InChI=1S/C15H30BrNO4/c1-2-3-6-18-9-11-20-12-10-19-7-4-17-5-8-21-15(13-16)14-17/h15H,2-14H2,1H3. The van der Waals surface area contributed by atoms with Crippen molar-refractivity contribution in [3.8, 4) is 0 Å². The maximum atomic E-state index is 5.60. The lowest BCUT2D eigenvalue weighted by molar-refractivity contribution is -0.0296. The summed E-state index contributed by atoms with van der Waals surface area (Å²) in [6.07, 6.45) is 2.62. The third-order valence-electron chi connectivity index (χ3n) is 3.33. The summed E-state index contributed by atoms with van der Waals surface area (Å²) in [5, 5.41) is 0.901. The highest BCUT2D eigenvalue weighted by molar-refractivity contribution is 9.09. The van der Waals surface area contributed by atoms with E-state index in [4.69, 9.17) is 18.9 Å². The molecule has 0 aromatic heterocycles. The summed E-state index contributed by atoms with van der Waals surface area (Å²) >= 11 is 3.47. The van der Waals surface area contributed by atoms with Gasteiger partial charge >= 0.3 is 0 Å². The second kappa shape index (κ2) is 13.9. The van der Waals surface area contributed by atoms with Crippen LogP contribution in [0.3, 0.4) is 0 Å². The van der Waals surface area contributed by atoms with E-state index in [9.17, 15) is 0 Å². The van der Waals surface area contributed by atoms with Gasteiger partial charge in [0.1, 0.15) is 0 Å². The van der Waals surface area contributed by atoms with Gasteiger partial charge in [0, 0.05) is 31.6 Å². The lowest BCUT2D eigenvalue weighted by atomic mass is 10.3. The van der Waals surface area contributed by atoms with Gasteiger partial charge in [0.15, 0.2) is 0 Å². The fourth-order valence-electron chi connectivity index (χ4n) is 2.06. The minimum Gasteiger partial charge on any atom is -0.379 e. The molecule has 0 aromatic carbocycles. The molecule has 0 aromatic rings. The molecule has 5 nitrogen and oxygen atoms in total. The Morgan fingerprint density at radius 1 is 1.05 bits per heavy atom. The average Bonchev–Trinajstić information content (AvgIpc) is 2.53. The number of morpholine rings is 1. The number of hydrogen-bond donors (Lipinski definition) is 0. The molecule has 0 spiro atoms. The third-order valence-corrected chi connectivity index (χ3v) is 4.06. The monoisotopic (exact) mass is 367 g/mol. The highest BCUT2D eigenvalue weighted by Gasteiger charge is 2.18. The lowest BCUT2D eigenvalue weighted by Crippen LogP contribution is -2.44. The zero-order valence-corrected chi connectivity index (χ0v) is 14.8. The molecule has 1 atom stereocenters. The van der Waals surface area contributed by atoms with Crippen LogP contribution in [0.1, 0.15) is 19.8 Å². The van der Waals surface area contributed by atoms with Gasteiger partial charge < -0.3 is 18.9 Å². The van der Waals surface area contributed by atoms with Crippen LogP contribution in [0.4, 0.5) is 0 Å². The Kier molecular flexibility index (Phi) is 12.8. The van der Waals surface area contributed by atoms with E-state index >= 15 is 0 Å². The van der Waals surface area contributed by atoms with Gasteiger partial charge in [-0.25, -0.2) is 0 Å². The Balaban J connectivity index is 1.80. The Morgan fingerprint density at radius 2 is 1.71 bits per heavy atom. The van der Waals surface area contributed by atoms with Crippen molar-refractivity contribution >= 4 is 15.9 Å². The molecule has 0 radical (unpaired) electrons. The minimum atomic E-state index is 0.315. The summed E-state index contributed by atoms with van der Waals surface area (Å²) in [7, 11) is 0. The Bertz CT molecular complexity index is 234. The van der Waals surface area contributed by atoms with E-state index in [1.165, 1.54) is 6.42 Å². The van der Waals surface area contributed by atoms with Crippen molar-refractivity contribution in [1.29, 1.82) is 0 Å². The second-order valence-electron chi connectivity index (χ2n) is 5.14. The summed E-state index contributed by atoms with van der Waals surface area (Å²) in [6.45, 7) is 10.2. The molecule has 21 heavy (non-hydrogen) atoms. The molecule has 0 bridgehead atoms. The molecule has 1 fully saturated rings. The van der Waals surface area contributed by atoms with Crippen molar-refractivity contribution in [2.45, 2.75) is 25.9 Å². The van der Waals surface area contributed by atoms with Crippen molar-refractivity contribution in [2.24, 2.45) is 0 Å². The Morgan fingerprint density at radius 3 is 2.38 bits per heavy atom. The number of hydrogen-bond acceptors (Lipinski definition) is 5. The summed E-state index contributed by atoms with van der Waals surface area (Å²) < 4.78 is 22.1. The average molecular weight is 368 g/mol. The molecule has 1 unspecified atom stereocenters. The second-order valence-corrected chi connectivity index (χ2v) is 5.79. The number of alkyl halides is 1. The Hall–Kier alpha value is 0.280. The Labute approximate surface area is 137 Å². The van der Waals surface area contributed by atoms with Gasteiger partial charge in [-0.2, -0.15) is 0 Å². The van der Waals surface area contributed by atoms with E-state index in [0.29, 0.717) is 32.5 Å². The zero-order chi connectivity index (χ0) is 15.2. The maximum Gasteiger partial charge on any atom is 0.0799 e. The molecule has 1 aliphatic heterocycles. The molecule has 0 amide bonds. The minimum absolute atomic E-state index is 0.315. The molecule has 1 rings (SSSR count). The highest BCUT2D eigenvalue weighted by Crippen LogP contribution is 2.06. The van der Waals surface area contributed by atoms with Crippen molar-refractivity contribution in [3.05, 3.63) is 0 Å². The number of halogens is 1. The van der Waals surface area contributed by atoms with Crippen LogP contribution < -0.4 is 0 Å². The topological polar surface area (TPSA) is 40.2 Å². The van der Waals surface area contributed by atoms with Gasteiger partial charge in [0.25, 0.3) is 0 Å². The number of rotatable bonds is 13. The summed E-state index contributed by atoms with van der Waals surface area (Å²) in [5.41, 5.74) is 0. The normalized spacial score (nSPS) is 20.0. The van der Waals surface area contributed by atoms with Crippen LogP contribution in [0.15, 0.2) is 0 Å². The molecule has 1 heterocycles. The van der Waals surface area contributed by atoms with E-state index in [0.717, 1.165) is 51.2 Å². The molecule has 0 saturated carbocycles. The first kappa shape index (κ1) is 19.3. The fourth-order valence-corrected chi connectivity index (χ4v) is 2.45. The van der Waals surface area contributed by atoms with Crippen LogP contribution in [-0.4, -0.2) is 82.2 Å². The van der Waals surface area contributed by atoms with Gasteiger partial charge in [-0.3, -0.25) is 4.90 Å². The fraction of sp³-hybridized carbons (Fsp3) is 1.00.